The molecule has 2 rings (SSSR count). The minimum absolute atomic E-state index is 0.575. The number of nitrogens with zero attached hydrogens (tertiary/aromatic N) is 4. The van der Waals surface area contributed by atoms with Gasteiger partial charge in [-0.25, -0.2) is 9.97 Å². The largest absolute Gasteiger partial charge is 0.383 e. The van der Waals surface area contributed by atoms with E-state index < -0.39 is 0 Å². The Morgan fingerprint density at radius 2 is 2.06 bits per heavy atom. The van der Waals surface area contributed by atoms with Crippen LogP contribution in [0.4, 0.5) is 11.6 Å². The highest BCUT2D eigenvalue weighted by Gasteiger charge is 2.32. The molecule has 0 saturated carbocycles. The Labute approximate surface area is 103 Å². The van der Waals surface area contributed by atoms with Crippen LogP contribution in [0.1, 0.15) is 12.5 Å². The SMILES string of the molecule is Cc1c(N)ncnc1N1CC(C)C(N(C)C)C1. The average Bonchev–Trinajstić information content (AvgIpc) is 2.64. The molecule has 1 saturated heterocycles. The van der Waals surface area contributed by atoms with Gasteiger partial charge in [-0.1, -0.05) is 6.92 Å². The van der Waals surface area contributed by atoms with Crippen molar-refractivity contribution in [2.75, 3.05) is 37.8 Å². The summed E-state index contributed by atoms with van der Waals surface area (Å²) in [5.74, 6) is 2.20. The van der Waals surface area contributed by atoms with Gasteiger partial charge in [-0.15, -0.1) is 0 Å². The Hall–Kier alpha value is -1.36. The van der Waals surface area contributed by atoms with Gasteiger partial charge in [0, 0.05) is 24.7 Å². The summed E-state index contributed by atoms with van der Waals surface area (Å²) < 4.78 is 0. The van der Waals surface area contributed by atoms with E-state index >= 15 is 0 Å². The highest BCUT2D eigenvalue weighted by molar-refractivity contribution is 5.56. The smallest absolute Gasteiger partial charge is 0.137 e. The molecule has 1 aromatic rings. The van der Waals surface area contributed by atoms with Crippen molar-refractivity contribution in [1.82, 2.24) is 14.9 Å². The molecule has 0 radical (unpaired) electrons. The molecule has 94 valence electrons. The Kier molecular flexibility index (Phi) is 3.19. The molecule has 0 spiro atoms. The van der Waals surface area contributed by atoms with E-state index in [4.69, 9.17) is 5.73 Å². The minimum Gasteiger partial charge on any atom is -0.383 e. The van der Waals surface area contributed by atoms with Gasteiger partial charge >= 0.3 is 0 Å². The second-order valence-electron chi connectivity index (χ2n) is 5.12. The zero-order valence-electron chi connectivity index (χ0n) is 11.0. The first-order valence-corrected chi connectivity index (χ1v) is 5.99. The molecule has 5 heteroatoms. The van der Waals surface area contributed by atoms with Crippen molar-refractivity contribution in [3.05, 3.63) is 11.9 Å². The first-order chi connectivity index (χ1) is 8.00. The van der Waals surface area contributed by atoms with Gasteiger partial charge in [0.05, 0.1) is 0 Å². The number of anilines is 2. The molecule has 17 heavy (non-hydrogen) atoms. The van der Waals surface area contributed by atoms with E-state index in [2.05, 4.69) is 40.8 Å². The average molecular weight is 235 g/mol. The monoisotopic (exact) mass is 235 g/mol. The van der Waals surface area contributed by atoms with Crippen molar-refractivity contribution in [3.63, 3.8) is 0 Å². The van der Waals surface area contributed by atoms with Gasteiger partial charge < -0.3 is 15.5 Å². The van der Waals surface area contributed by atoms with Crippen LogP contribution < -0.4 is 10.6 Å². The van der Waals surface area contributed by atoms with Gasteiger partial charge in [0.15, 0.2) is 0 Å². The predicted molar refractivity (Wildman–Crippen MR) is 70.0 cm³/mol. The summed E-state index contributed by atoms with van der Waals surface area (Å²) in [6.45, 7) is 6.30. The number of aromatic nitrogens is 2. The molecule has 2 unspecified atom stereocenters. The van der Waals surface area contributed by atoms with Crippen molar-refractivity contribution < 1.29 is 0 Å². The van der Waals surface area contributed by atoms with E-state index in [1.54, 1.807) is 6.33 Å². The lowest BCUT2D eigenvalue weighted by atomic mass is 10.1. The van der Waals surface area contributed by atoms with E-state index in [9.17, 15) is 0 Å². The Bertz CT molecular complexity index is 404. The maximum absolute atomic E-state index is 5.83. The second-order valence-corrected chi connectivity index (χ2v) is 5.12. The number of nitrogen functional groups attached to an aromatic ring is 1. The van der Waals surface area contributed by atoms with Crippen molar-refractivity contribution in [2.24, 2.45) is 5.92 Å². The maximum atomic E-state index is 5.83. The fourth-order valence-electron chi connectivity index (χ4n) is 2.57. The highest BCUT2D eigenvalue weighted by Crippen LogP contribution is 2.27. The standard InChI is InChI=1S/C12H21N5/c1-8-5-17(6-10(8)16(3)4)12-9(2)11(13)14-7-15-12/h7-8,10H,5-6H2,1-4H3,(H2,13,14,15). The van der Waals surface area contributed by atoms with Gasteiger partial charge in [0.25, 0.3) is 0 Å². The molecule has 0 aromatic carbocycles. The summed E-state index contributed by atoms with van der Waals surface area (Å²) in [7, 11) is 4.26. The van der Waals surface area contributed by atoms with Crippen LogP contribution in [0.3, 0.4) is 0 Å². The van der Waals surface area contributed by atoms with Crippen LogP contribution in [0.2, 0.25) is 0 Å². The van der Waals surface area contributed by atoms with Crippen LogP contribution in [0, 0.1) is 12.8 Å². The van der Waals surface area contributed by atoms with Crippen molar-refractivity contribution in [1.29, 1.82) is 0 Å². The molecule has 5 nitrogen and oxygen atoms in total. The molecule has 0 amide bonds. The van der Waals surface area contributed by atoms with E-state index in [0.717, 1.165) is 24.5 Å². The molecule has 2 heterocycles. The van der Waals surface area contributed by atoms with Crippen LogP contribution in [0.25, 0.3) is 0 Å². The quantitative estimate of drug-likeness (QED) is 0.820. The number of likely N-dealkylation sites (N-methyl/N-ethyl adjacent to an activating group) is 1. The number of rotatable bonds is 2. The topological polar surface area (TPSA) is 58.3 Å². The lowest BCUT2D eigenvalue weighted by molar-refractivity contribution is 0.266. The molecule has 1 aliphatic rings. The van der Waals surface area contributed by atoms with Crippen LogP contribution in [-0.4, -0.2) is 48.1 Å². The maximum Gasteiger partial charge on any atom is 0.137 e. The fourth-order valence-corrected chi connectivity index (χ4v) is 2.57. The number of nitrogens with two attached hydrogens (primary N) is 1. The Morgan fingerprint density at radius 1 is 1.35 bits per heavy atom. The molecule has 2 N–H and O–H groups in total. The molecule has 1 fully saturated rings. The Morgan fingerprint density at radius 3 is 2.65 bits per heavy atom. The predicted octanol–water partition coefficient (Wildman–Crippen LogP) is 0.754. The first-order valence-electron chi connectivity index (χ1n) is 5.99. The van der Waals surface area contributed by atoms with Crippen LogP contribution in [0.5, 0.6) is 0 Å². The van der Waals surface area contributed by atoms with Gasteiger partial charge in [0.2, 0.25) is 0 Å². The molecule has 0 bridgehead atoms. The molecule has 0 aliphatic carbocycles. The van der Waals surface area contributed by atoms with Gasteiger partial charge in [-0.05, 0) is 26.9 Å². The third-order valence-electron chi connectivity index (χ3n) is 3.63. The summed E-state index contributed by atoms with van der Waals surface area (Å²) in [5, 5.41) is 0. The highest BCUT2D eigenvalue weighted by atomic mass is 15.3. The summed E-state index contributed by atoms with van der Waals surface area (Å²) >= 11 is 0. The van der Waals surface area contributed by atoms with Crippen LogP contribution in [0.15, 0.2) is 6.33 Å². The molecule has 2 atom stereocenters. The Balaban J connectivity index is 2.23. The van der Waals surface area contributed by atoms with Gasteiger partial charge in [-0.2, -0.15) is 0 Å². The summed E-state index contributed by atoms with van der Waals surface area (Å²) in [6, 6.07) is 0.575. The summed E-state index contributed by atoms with van der Waals surface area (Å²) in [5.41, 5.74) is 6.81. The lowest BCUT2D eigenvalue weighted by Crippen LogP contribution is -2.34. The molecular formula is C12H21N5. The van der Waals surface area contributed by atoms with Crippen molar-refractivity contribution in [2.45, 2.75) is 19.9 Å². The summed E-state index contributed by atoms with van der Waals surface area (Å²) in [4.78, 5) is 13.0. The van der Waals surface area contributed by atoms with Gasteiger partial charge in [0.1, 0.15) is 18.0 Å². The van der Waals surface area contributed by atoms with Crippen molar-refractivity contribution >= 4 is 11.6 Å². The fraction of sp³-hybridized carbons (Fsp3) is 0.667. The van der Waals surface area contributed by atoms with Gasteiger partial charge in [-0.3, -0.25) is 0 Å². The molecular weight excluding hydrogens is 214 g/mol. The zero-order valence-corrected chi connectivity index (χ0v) is 11.0. The third kappa shape index (κ3) is 2.20. The zero-order chi connectivity index (χ0) is 12.6. The third-order valence-corrected chi connectivity index (χ3v) is 3.63. The molecule has 1 aliphatic heterocycles. The van der Waals surface area contributed by atoms with Crippen LogP contribution in [-0.2, 0) is 0 Å². The second kappa shape index (κ2) is 4.49. The lowest BCUT2D eigenvalue weighted by Gasteiger charge is -2.23. The minimum atomic E-state index is 0.575. The van der Waals surface area contributed by atoms with E-state index in [1.165, 1.54) is 0 Å². The van der Waals surface area contributed by atoms with E-state index in [1.807, 2.05) is 6.92 Å². The van der Waals surface area contributed by atoms with Crippen molar-refractivity contribution in [3.8, 4) is 0 Å². The molecule has 1 aromatic heterocycles. The van der Waals surface area contributed by atoms with E-state index in [0.29, 0.717) is 17.8 Å². The number of hydrogen-bond acceptors (Lipinski definition) is 5. The normalized spacial score (nSPS) is 24.6. The van der Waals surface area contributed by atoms with Crippen LogP contribution >= 0.6 is 0 Å². The van der Waals surface area contributed by atoms with E-state index in [-0.39, 0.29) is 0 Å². The summed E-state index contributed by atoms with van der Waals surface area (Å²) in [6.07, 6.45) is 1.55. The first kappa shape index (κ1) is 12.1. The number of hydrogen-bond donors (Lipinski definition) is 1.